The van der Waals surface area contributed by atoms with Crippen LogP contribution < -0.4 is 21.1 Å². The standard InChI is InChI=1S/C19H21N7O/c27-19-13-4-3-5-14-17(13)18(23-24-19)22-15(21-14)12-25-8-10-26(11-9-25)16-6-1-2-7-20-16/h1-7,18,23H,8-12H2,(H,21,22)(H,24,27). The summed E-state index contributed by atoms with van der Waals surface area (Å²) in [6.07, 6.45) is 1.60. The maximum Gasteiger partial charge on any atom is 0.265 e. The molecule has 3 N–H and O–H groups in total. The number of amidine groups is 1. The second kappa shape index (κ2) is 6.64. The first kappa shape index (κ1) is 16.2. The Morgan fingerprint density at radius 2 is 1.96 bits per heavy atom. The van der Waals surface area contributed by atoms with E-state index in [1.165, 1.54) is 0 Å². The number of piperazine rings is 1. The lowest BCUT2D eigenvalue weighted by molar-refractivity contribution is 0.0908. The van der Waals surface area contributed by atoms with Crippen LogP contribution in [0.2, 0.25) is 0 Å². The van der Waals surface area contributed by atoms with Crippen LogP contribution in [0.15, 0.2) is 47.6 Å². The molecular formula is C19H21N7O. The summed E-state index contributed by atoms with van der Waals surface area (Å²) in [5.74, 6) is 1.84. The molecule has 0 aliphatic carbocycles. The Morgan fingerprint density at radius 1 is 1.07 bits per heavy atom. The van der Waals surface area contributed by atoms with Crippen molar-refractivity contribution in [2.75, 3.05) is 42.9 Å². The van der Waals surface area contributed by atoms with Gasteiger partial charge in [-0.3, -0.25) is 15.1 Å². The zero-order valence-corrected chi connectivity index (χ0v) is 14.9. The monoisotopic (exact) mass is 363 g/mol. The Labute approximate surface area is 157 Å². The summed E-state index contributed by atoms with van der Waals surface area (Å²) in [7, 11) is 0. The van der Waals surface area contributed by atoms with Crippen LogP contribution in [0.4, 0.5) is 11.5 Å². The van der Waals surface area contributed by atoms with Crippen molar-refractivity contribution in [1.82, 2.24) is 20.7 Å². The fourth-order valence-electron chi connectivity index (χ4n) is 3.85. The molecule has 138 valence electrons. The predicted octanol–water partition coefficient (Wildman–Crippen LogP) is 0.974. The molecule has 1 aromatic carbocycles. The Bertz CT molecular complexity index is 890. The van der Waals surface area contributed by atoms with Gasteiger partial charge in [0.15, 0.2) is 0 Å². The molecule has 3 aliphatic heterocycles. The minimum atomic E-state index is -0.236. The number of benzene rings is 1. The average molecular weight is 363 g/mol. The molecule has 0 bridgehead atoms. The van der Waals surface area contributed by atoms with Crippen LogP contribution in [0.3, 0.4) is 0 Å². The minimum Gasteiger partial charge on any atom is -0.354 e. The van der Waals surface area contributed by atoms with Crippen molar-refractivity contribution in [3.63, 3.8) is 0 Å². The van der Waals surface area contributed by atoms with Crippen LogP contribution in [0.1, 0.15) is 22.1 Å². The van der Waals surface area contributed by atoms with E-state index in [1.54, 1.807) is 0 Å². The number of rotatable bonds is 3. The molecule has 1 amide bonds. The molecule has 8 heteroatoms. The Hall–Kier alpha value is -2.97. The van der Waals surface area contributed by atoms with Gasteiger partial charge in [0.25, 0.3) is 5.91 Å². The fourth-order valence-corrected chi connectivity index (χ4v) is 3.85. The topological polar surface area (TPSA) is 84.9 Å². The Balaban J connectivity index is 1.27. The highest BCUT2D eigenvalue weighted by Gasteiger charge is 2.31. The molecular weight excluding hydrogens is 342 g/mol. The predicted molar refractivity (Wildman–Crippen MR) is 104 cm³/mol. The number of hydrogen-bond donors (Lipinski definition) is 3. The number of hydrogen-bond acceptors (Lipinski definition) is 7. The Morgan fingerprint density at radius 3 is 2.78 bits per heavy atom. The summed E-state index contributed by atoms with van der Waals surface area (Å²) in [5.41, 5.74) is 8.25. The smallest absolute Gasteiger partial charge is 0.265 e. The molecule has 0 saturated carbocycles. The maximum absolute atomic E-state index is 12.0. The summed E-state index contributed by atoms with van der Waals surface area (Å²) in [5, 5.41) is 3.41. The number of nitrogens with zero attached hydrogens (tertiary/aromatic N) is 4. The van der Waals surface area contributed by atoms with Crippen molar-refractivity contribution in [3.8, 4) is 0 Å². The van der Waals surface area contributed by atoms with Gasteiger partial charge in [-0.15, -0.1) is 0 Å². The minimum absolute atomic E-state index is 0.116. The summed E-state index contributed by atoms with van der Waals surface area (Å²) < 4.78 is 0. The normalized spacial score (nSPS) is 21.8. The number of carbonyl (C=O) groups is 1. The van der Waals surface area contributed by atoms with Gasteiger partial charge < -0.3 is 10.2 Å². The van der Waals surface area contributed by atoms with Crippen molar-refractivity contribution in [3.05, 3.63) is 53.7 Å². The molecule has 3 aliphatic rings. The van der Waals surface area contributed by atoms with E-state index < -0.39 is 0 Å². The van der Waals surface area contributed by atoms with Crippen LogP contribution in [0.5, 0.6) is 0 Å². The van der Waals surface area contributed by atoms with Crippen LogP contribution in [0.25, 0.3) is 0 Å². The van der Waals surface area contributed by atoms with E-state index in [0.717, 1.165) is 55.6 Å². The van der Waals surface area contributed by atoms with Crippen LogP contribution in [0, 0.1) is 0 Å². The largest absolute Gasteiger partial charge is 0.354 e. The number of carbonyl (C=O) groups excluding carboxylic acids is 1. The zero-order valence-electron chi connectivity index (χ0n) is 14.9. The fraction of sp³-hybridized carbons (Fsp3) is 0.316. The van der Waals surface area contributed by atoms with Crippen molar-refractivity contribution in [2.45, 2.75) is 6.17 Å². The van der Waals surface area contributed by atoms with E-state index in [-0.39, 0.29) is 12.1 Å². The van der Waals surface area contributed by atoms with Crippen molar-refractivity contribution < 1.29 is 4.79 Å². The van der Waals surface area contributed by atoms with Crippen LogP contribution in [-0.4, -0.2) is 54.4 Å². The summed E-state index contributed by atoms with van der Waals surface area (Å²) in [6.45, 7) is 4.56. The number of nitrogens with one attached hydrogen (secondary N) is 3. The van der Waals surface area contributed by atoms with Gasteiger partial charge in [-0.05, 0) is 24.3 Å². The number of amides is 1. The molecule has 1 atom stereocenters. The maximum atomic E-state index is 12.0. The van der Waals surface area contributed by atoms with E-state index in [9.17, 15) is 4.79 Å². The van der Waals surface area contributed by atoms with E-state index >= 15 is 0 Å². The molecule has 8 nitrogen and oxygen atoms in total. The third kappa shape index (κ3) is 3.02. The van der Waals surface area contributed by atoms with Crippen LogP contribution >= 0.6 is 0 Å². The van der Waals surface area contributed by atoms with Crippen molar-refractivity contribution in [1.29, 1.82) is 0 Å². The third-order valence-electron chi connectivity index (χ3n) is 5.23. The summed E-state index contributed by atoms with van der Waals surface area (Å²) >= 11 is 0. The number of hydrazine groups is 1. The van der Waals surface area contributed by atoms with Crippen molar-refractivity contribution in [2.24, 2.45) is 4.99 Å². The van der Waals surface area contributed by atoms with Gasteiger partial charge >= 0.3 is 0 Å². The quantitative estimate of drug-likeness (QED) is 0.754. The molecule has 1 aromatic heterocycles. The van der Waals surface area contributed by atoms with Crippen molar-refractivity contribution >= 4 is 23.2 Å². The number of anilines is 2. The van der Waals surface area contributed by atoms with Gasteiger partial charge in [-0.2, -0.15) is 0 Å². The number of pyridine rings is 1. The van der Waals surface area contributed by atoms with Gasteiger partial charge in [0, 0.05) is 49.2 Å². The number of aromatic nitrogens is 1. The highest BCUT2D eigenvalue weighted by molar-refractivity contribution is 6.04. The van der Waals surface area contributed by atoms with Gasteiger partial charge in [0.2, 0.25) is 0 Å². The van der Waals surface area contributed by atoms with Gasteiger partial charge in [0.1, 0.15) is 17.8 Å². The average Bonchev–Trinajstić information content (AvgIpc) is 2.72. The third-order valence-corrected chi connectivity index (χ3v) is 5.23. The second-order valence-corrected chi connectivity index (χ2v) is 6.92. The van der Waals surface area contributed by atoms with Gasteiger partial charge in [-0.25, -0.2) is 15.4 Å². The number of aliphatic imine (C=N–C) groups is 1. The SMILES string of the molecule is O=C1NNC2N=C(CN3CCN(c4ccccn4)CC3)Nc3cccc1c32. The first-order chi connectivity index (χ1) is 13.3. The molecule has 27 heavy (non-hydrogen) atoms. The molecule has 4 heterocycles. The second-order valence-electron chi connectivity index (χ2n) is 6.92. The first-order valence-electron chi connectivity index (χ1n) is 9.19. The lowest BCUT2D eigenvalue weighted by Gasteiger charge is -2.37. The lowest BCUT2D eigenvalue weighted by Crippen LogP contribution is -2.50. The zero-order chi connectivity index (χ0) is 18.2. The summed E-state index contributed by atoms with van der Waals surface area (Å²) in [4.78, 5) is 25.9. The van der Waals surface area contributed by atoms with E-state index in [1.807, 2.05) is 36.5 Å². The van der Waals surface area contributed by atoms with E-state index in [2.05, 4.69) is 37.0 Å². The highest BCUT2D eigenvalue weighted by atomic mass is 16.2. The molecule has 2 aromatic rings. The molecule has 1 saturated heterocycles. The van der Waals surface area contributed by atoms with E-state index in [0.29, 0.717) is 5.56 Å². The Kier molecular flexibility index (Phi) is 3.99. The lowest BCUT2D eigenvalue weighted by atomic mass is 9.99. The summed E-state index contributed by atoms with van der Waals surface area (Å²) in [6, 6.07) is 11.8. The molecule has 1 unspecified atom stereocenters. The van der Waals surface area contributed by atoms with Crippen LogP contribution in [-0.2, 0) is 0 Å². The van der Waals surface area contributed by atoms with E-state index in [4.69, 9.17) is 4.99 Å². The van der Waals surface area contributed by atoms with Gasteiger partial charge in [-0.1, -0.05) is 12.1 Å². The molecule has 0 radical (unpaired) electrons. The van der Waals surface area contributed by atoms with Gasteiger partial charge in [0.05, 0.1) is 6.54 Å². The first-order valence-corrected chi connectivity index (χ1v) is 9.19. The molecule has 0 spiro atoms. The highest BCUT2D eigenvalue weighted by Crippen LogP contribution is 2.33. The molecule has 5 rings (SSSR count). The molecule has 1 fully saturated rings.